The van der Waals surface area contributed by atoms with Gasteiger partial charge in [0.25, 0.3) is 0 Å². The van der Waals surface area contributed by atoms with Crippen LogP contribution in [-0.4, -0.2) is 28.7 Å². The van der Waals surface area contributed by atoms with Crippen molar-refractivity contribution in [3.8, 4) is 0 Å². The smallest absolute Gasteiger partial charge is 0.319 e. The monoisotopic (exact) mass is 278 g/mol. The van der Waals surface area contributed by atoms with Crippen LogP contribution in [0.15, 0.2) is 0 Å². The Morgan fingerprint density at radius 2 is 1.83 bits per heavy atom. The first-order valence-corrected chi connectivity index (χ1v) is 7.67. The van der Waals surface area contributed by atoms with Crippen LogP contribution < -0.4 is 0 Å². The molecule has 0 bridgehead atoms. The fraction of sp³-hybridized carbons (Fsp3) is 0.929. The molecular weight excluding hydrogens is 251 g/mol. The van der Waals surface area contributed by atoms with Gasteiger partial charge in [0.1, 0.15) is 10.9 Å². The molecule has 2 nitrogen and oxygen atoms in total. The number of rotatable bonds is 7. The lowest BCUT2D eigenvalue weighted by Crippen LogP contribution is -2.33. The molecule has 0 amide bonds. The van der Waals surface area contributed by atoms with Crippen LogP contribution in [-0.2, 0) is 9.53 Å². The number of esters is 1. The minimum Gasteiger partial charge on any atom is -0.459 e. The van der Waals surface area contributed by atoms with E-state index >= 15 is 0 Å². The maximum atomic E-state index is 12.7. The van der Waals surface area contributed by atoms with Gasteiger partial charge in [-0.05, 0) is 52.2 Å². The van der Waals surface area contributed by atoms with Gasteiger partial charge in [-0.1, -0.05) is 13.8 Å². The van der Waals surface area contributed by atoms with Crippen molar-refractivity contribution in [2.75, 3.05) is 5.75 Å². The van der Waals surface area contributed by atoms with Gasteiger partial charge in [-0.2, -0.15) is 0 Å². The maximum Gasteiger partial charge on any atom is 0.319 e. The van der Waals surface area contributed by atoms with Crippen LogP contribution in [0.25, 0.3) is 0 Å². The first kappa shape index (κ1) is 17.8. The molecule has 0 aliphatic heterocycles. The molecule has 4 heteroatoms. The van der Waals surface area contributed by atoms with Crippen molar-refractivity contribution in [1.82, 2.24) is 0 Å². The van der Waals surface area contributed by atoms with Gasteiger partial charge in [0.05, 0.1) is 6.17 Å². The molecule has 0 saturated carbocycles. The molecule has 0 aromatic carbocycles. The molecule has 0 aliphatic rings. The van der Waals surface area contributed by atoms with E-state index in [2.05, 4.69) is 0 Å². The summed E-state index contributed by atoms with van der Waals surface area (Å²) < 4.78 is 18.1. The van der Waals surface area contributed by atoms with Gasteiger partial charge in [-0.3, -0.25) is 4.79 Å². The standard InChI is InChI=1S/C14H27FO2S/c1-10(2)12(13(16)17-14(4,5)6)18-9-7-8-11(3)15/h10-12H,7-9H2,1-6H3. The molecule has 0 heterocycles. The lowest BCUT2D eigenvalue weighted by Gasteiger charge is -2.25. The van der Waals surface area contributed by atoms with Crippen molar-refractivity contribution in [2.24, 2.45) is 5.92 Å². The summed E-state index contributed by atoms with van der Waals surface area (Å²) in [6.07, 6.45) is 0.602. The predicted octanol–water partition coefficient (Wildman–Crippen LogP) is 4.22. The Morgan fingerprint density at radius 3 is 2.22 bits per heavy atom. The third kappa shape index (κ3) is 8.78. The number of halogens is 1. The molecular formula is C14H27FO2S. The normalized spacial score (nSPS) is 15.6. The summed E-state index contributed by atoms with van der Waals surface area (Å²) in [6.45, 7) is 11.2. The van der Waals surface area contributed by atoms with Crippen LogP contribution in [0, 0.1) is 5.92 Å². The zero-order valence-corrected chi connectivity index (χ0v) is 13.3. The molecule has 0 rings (SSSR count). The molecule has 0 aromatic rings. The molecule has 0 aliphatic carbocycles. The highest BCUT2D eigenvalue weighted by Crippen LogP contribution is 2.24. The molecule has 0 radical (unpaired) electrons. The van der Waals surface area contributed by atoms with Crippen molar-refractivity contribution < 1.29 is 13.9 Å². The van der Waals surface area contributed by atoms with Crippen molar-refractivity contribution >= 4 is 17.7 Å². The predicted molar refractivity (Wildman–Crippen MR) is 76.7 cm³/mol. The molecule has 0 saturated heterocycles. The SMILES string of the molecule is CC(F)CCCSC(C(=O)OC(C)(C)C)C(C)C. The van der Waals surface area contributed by atoms with Gasteiger partial charge in [-0.25, -0.2) is 4.39 Å². The van der Waals surface area contributed by atoms with Crippen molar-refractivity contribution in [3.05, 3.63) is 0 Å². The number of alkyl halides is 1. The van der Waals surface area contributed by atoms with E-state index in [9.17, 15) is 9.18 Å². The van der Waals surface area contributed by atoms with E-state index < -0.39 is 11.8 Å². The number of hydrogen-bond donors (Lipinski definition) is 0. The van der Waals surface area contributed by atoms with E-state index in [0.717, 1.165) is 12.2 Å². The van der Waals surface area contributed by atoms with Gasteiger partial charge in [0.15, 0.2) is 0 Å². The van der Waals surface area contributed by atoms with E-state index in [1.165, 1.54) is 0 Å². The van der Waals surface area contributed by atoms with Crippen LogP contribution >= 0.6 is 11.8 Å². The number of ether oxygens (including phenoxy) is 1. The van der Waals surface area contributed by atoms with E-state index in [0.29, 0.717) is 6.42 Å². The summed E-state index contributed by atoms with van der Waals surface area (Å²) in [5.74, 6) is 0.875. The highest BCUT2D eigenvalue weighted by Gasteiger charge is 2.27. The second kappa shape index (κ2) is 8.03. The van der Waals surface area contributed by atoms with Gasteiger partial charge in [-0.15, -0.1) is 11.8 Å². The highest BCUT2D eigenvalue weighted by atomic mass is 32.2. The lowest BCUT2D eigenvalue weighted by atomic mass is 10.1. The van der Waals surface area contributed by atoms with Gasteiger partial charge >= 0.3 is 5.97 Å². The Kier molecular flexibility index (Phi) is 7.92. The summed E-state index contributed by atoms with van der Waals surface area (Å²) in [5.41, 5.74) is -0.446. The molecule has 108 valence electrons. The quantitative estimate of drug-likeness (QED) is 0.515. The molecule has 0 fully saturated rings. The molecule has 0 N–H and O–H groups in total. The Morgan fingerprint density at radius 1 is 1.28 bits per heavy atom. The van der Waals surface area contributed by atoms with E-state index in [-0.39, 0.29) is 17.1 Å². The average Bonchev–Trinajstić information content (AvgIpc) is 2.12. The first-order chi connectivity index (χ1) is 8.13. The lowest BCUT2D eigenvalue weighted by molar-refractivity contribution is -0.154. The molecule has 0 spiro atoms. The van der Waals surface area contributed by atoms with Crippen molar-refractivity contribution in [1.29, 1.82) is 0 Å². The third-order valence-electron chi connectivity index (χ3n) is 2.29. The highest BCUT2D eigenvalue weighted by molar-refractivity contribution is 8.00. The zero-order valence-electron chi connectivity index (χ0n) is 12.5. The van der Waals surface area contributed by atoms with Crippen LogP contribution in [0.1, 0.15) is 54.4 Å². The Bertz CT molecular complexity index is 247. The minimum atomic E-state index is -0.760. The van der Waals surface area contributed by atoms with Crippen LogP contribution in [0.4, 0.5) is 4.39 Å². The second-order valence-electron chi connectivity index (χ2n) is 5.99. The van der Waals surface area contributed by atoms with Gasteiger partial charge < -0.3 is 4.74 Å². The molecule has 0 aromatic heterocycles. The Hall–Kier alpha value is -0.250. The number of hydrogen-bond acceptors (Lipinski definition) is 3. The summed E-state index contributed by atoms with van der Waals surface area (Å²) in [4.78, 5) is 12.0. The Balaban J connectivity index is 4.18. The van der Waals surface area contributed by atoms with Crippen LogP contribution in [0.3, 0.4) is 0 Å². The second-order valence-corrected chi connectivity index (χ2v) is 7.24. The van der Waals surface area contributed by atoms with Crippen molar-refractivity contribution in [3.63, 3.8) is 0 Å². The third-order valence-corrected chi connectivity index (χ3v) is 3.91. The fourth-order valence-corrected chi connectivity index (χ4v) is 2.62. The van der Waals surface area contributed by atoms with E-state index in [4.69, 9.17) is 4.74 Å². The topological polar surface area (TPSA) is 26.3 Å². The fourth-order valence-electron chi connectivity index (χ4n) is 1.47. The summed E-state index contributed by atoms with van der Waals surface area (Å²) in [7, 11) is 0. The van der Waals surface area contributed by atoms with Crippen LogP contribution in [0.5, 0.6) is 0 Å². The number of carbonyl (C=O) groups is 1. The average molecular weight is 278 g/mol. The summed E-state index contributed by atoms with van der Waals surface area (Å²) >= 11 is 1.58. The maximum absolute atomic E-state index is 12.7. The van der Waals surface area contributed by atoms with E-state index in [1.54, 1.807) is 18.7 Å². The number of thioether (sulfide) groups is 1. The molecule has 18 heavy (non-hydrogen) atoms. The van der Waals surface area contributed by atoms with Gasteiger partial charge in [0.2, 0.25) is 0 Å². The number of carbonyl (C=O) groups excluding carboxylic acids is 1. The Labute approximate surface area is 115 Å². The molecule has 2 atom stereocenters. The first-order valence-electron chi connectivity index (χ1n) is 6.62. The summed E-state index contributed by atoms with van der Waals surface area (Å²) in [5, 5.41) is -0.154. The largest absolute Gasteiger partial charge is 0.459 e. The minimum absolute atomic E-state index is 0.154. The summed E-state index contributed by atoms with van der Waals surface area (Å²) in [6, 6.07) is 0. The van der Waals surface area contributed by atoms with Crippen LogP contribution in [0.2, 0.25) is 0 Å². The zero-order chi connectivity index (χ0) is 14.3. The molecule has 2 unspecified atom stereocenters. The van der Waals surface area contributed by atoms with E-state index in [1.807, 2.05) is 34.6 Å². The van der Waals surface area contributed by atoms with Gasteiger partial charge in [0, 0.05) is 0 Å². The van der Waals surface area contributed by atoms with Crippen molar-refractivity contribution in [2.45, 2.75) is 71.4 Å².